The predicted molar refractivity (Wildman–Crippen MR) is 94.4 cm³/mol. The highest BCUT2D eigenvalue weighted by molar-refractivity contribution is 5.83. The summed E-state index contributed by atoms with van der Waals surface area (Å²) >= 11 is 0. The Balaban J connectivity index is 1.80. The van der Waals surface area contributed by atoms with E-state index in [0.717, 1.165) is 18.2 Å². The summed E-state index contributed by atoms with van der Waals surface area (Å²) in [4.78, 5) is 27.0. The summed E-state index contributed by atoms with van der Waals surface area (Å²) in [5, 5.41) is 1.43. The fourth-order valence-corrected chi connectivity index (χ4v) is 3.45. The molecule has 0 atom stereocenters. The zero-order valence-corrected chi connectivity index (χ0v) is 14.3. The first-order valence-corrected chi connectivity index (χ1v) is 8.53. The second-order valence-corrected chi connectivity index (χ2v) is 6.50. The molecule has 1 aliphatic rings. The largest absolute Gasteiger partial charge is 0.497 e. The Morgan fingerprint density at radius 2 is 2.00 bits per heavy atom. The average Bonchev–Trinajstić information content (AvgIpc) is 2.63. The van der Waals surface area contributed by atoms with Gasteiger partial charge in [0.15, 0.2) is 0 Å². The Labute approximate surface area is 141 Å². The number of rotatable bonds is 4. The molecule has 1 heterocycles. The molecule has 128 valence electrons. The normalized spacial score (nSPS) is 15.4. The molecule has 0 unspecified atom stereocenters. The summed E-state index contributed by atoms with van der Waals surface area (Å²) in [6.07, 6.45) is 7.44. The van der Waals surface area contributed by atoms with E-state index < -0.39 is 0 Å². The lowest BCUT2D eigenvalue weighted by Gasteiger charge is -2.31. The Kier molecular flexibility index (Phi) is 4.88. The molecule has 1 saturated carbocycles. The number of ether oxygens (including phenoxy) is 1. The third-order valence-electron chi connectivity index (χ3n) is 5.01. The van der Waals surface area contributed by atoms with E-state index in [2.05, 4.69) is 0 Å². The number of pyridine rings is 1. The van der Waals surface area contributed by atoms with Crippen LogP contribution >= 0.6 is 0 Å². The summed E-state index contributed by atoms with van der Waals surface area (Å²) in [6.45, 7) is 0.0911. The van der Waals surface area contributed by atoms with E-state index >= 15 is 0 Å². The monoisotopic (exact) mass is 328 g/mol. The molecule has 5 nitrogen and oxygen atoms in total. The number of amides is 1. The standard InChI is InChI=1S/C19H24N2O3/c1-20(15-6-4-3-5-7-15)18(22)13-21-11-10-14-12-16(24-2)8-9-17(14)19(21)23/h8-12,15H,3-7,13H2,1-2H3. The Bertz CT molecular complexity index is 791. The molecule has 0 N–H and O–H groups in total. The van der Waals surface area contributed by atoms with E-state index in [4.69, 9.17) is 4.74 Å². The maximum absolute atomic E-state index is 12.6. The summed E-state index contributed by atoms with van der Waals surface area (Å²) < 4.78 is 6.68. The van der Waals surface area contributed by atoms with Crippen molar-refractivity contribution in [3.63, 3.8) is 0 Å². The van der Waals surface area contributed by atoms with Gasteiger partial charge in [-0.1, -0.05) is 19.3 Å². The van der Waals surface area contributed by atoms with E-state index in [-0.39, 0.29) is 18.0 Å². The molecule has 0 saturated heterocycles. The molecule has 1 aliphatic carbocycles. The summed E-state index contributed by atoms with van der Waals surface area (Å²) in [5.74, 6) is 0.713. The number of fused-ring (bicyclic) bond motifs is 1. The summed E-state index contributed by atoms with van der Waals surface area (Å²) in [7, 11) is 3.46. The first kappa shape index (κ1) is 16.6. The lowest BCUT2D eigenvalue weighted by Crippen LogP contribution is -2.41. The van der Waals surface area contributed by atoms with Crippen molar-refractivity contribution in [1.29, 1.82) is 0 Å². The number of nitrogens with zero attached hydrogens (tertiary/aromatic N) is 2. The van der Waals surface area contributed by atoms with Gasteiger partial charge in [-0.2, -0.15) is 0 Å². The van der Waals surface area contributed by atoms with Crippen molar-refractivity contribution in [2.75, 3.05) is 14.2 Å². The third-order valence-corrected chi connectivity index (χ3v) is 5.01. The van der Waals surface area contributed by atoms with Crippen LogP contribution in [0.1, 0.15) is 32.1 Å². The van der Waals surface area contributed by atoms with Crippen molar-refractivity contribution in [2.24, 2.45) is 0 Å². The minimum Gasteiger partial charge on any atom is -0.497 e. The number of likely N-dealkylation sites (N-methyl/N-ethyl adjacent to an activating group) is 1. The van der Waals surface area contributed by atoms with Gasteiger partial charge in [0, 0.05) is 24.7 Å². The SMILES string of the molecule is COc1ccc2c(=O)n(CC(=O)N(C)C3CCCCC3)ccc2c1. The number of aromatic nitrogens is 1. The predicted octanol–water partition coefficient (Wildman–Crippen LogP) is 2.80. The van der Waals surface area contributed by atoms with Crippen LogP contribution in [0.5, 0.6) is 5.75 Å². The molecule has 3 rings (SSSR count). The number of hydrogen-bond acceptors (Lipinski definition) is 3. The quantitative estimate of drug-likeness (QED) is 0.867. The van der Waals surface area contributed by atoms with Crippen LogP contribution in [0.4, 0.5) is 0 Å². The van der Waals surface area contributed by atoms with Gasteiger partial charge in [-0.05, 0) is 42.5 Å². The first-order valence-electron chi connectivity index (χ1n) is 8.53. The highest BCUT2D eigenvalue weighted by atomic mass is 16.5. The minimum absolute atomic E-state index is 0.00291. The summed E-state index contributed by atoms with van der Waals surface area (Å²) in [6, 6.07) is 7.52. The molecule has 0 bridgehead atoms. The van der Waals surface area contributed by atoms with Crippen molar-refractivity contribution in [3.05, 3.63) is 40.8 Å². The maximum Gasteiger partial charge on any atom is 0.258 e. The number of carbonyl (C=O) groups excluding carboxylic acids is 1. The van der Waals surface area contributed by atoms with Gasteiger partial charge in [-0.3, -0.25) is 9.59 Å². The van der Waals surface area contributed by atoms with Gasteiger partial charge in [0.2, 0.25) is 5.91 Å². The zero-order valence-electron chi connectivity index (χ0n) is 14.3. The van der Waals surface area contributed by atoms with Crippen LogP contribution < -0.4 is 10.3 Å². The van der Waals surface area contributed by atoms with Crippen molar-refractivity contribution in [2.45, 2.75) is 44.7 Å². The Morgan fingerprint density at radius 3 is 2.71 bits per heavy atom. The van der Waals surface area contributed by atoms with Crippen LogP contribution in [0.25, 0.3) is 10.8 Å². The van der Waals surface area contributed by atoms with Crippen molar-refractivity contribution < 1.29 is 9.53 Å². The van der Waals surface area contributed by atoms with Gasteiger partial charge in [0.25, 0.3) is 5.56 Å². The van der Waals surface area contributed by atoms with E-state index in [1.54, 1.807) is 25.4 Å². The Hall–Kier alpha value is -2.30. The molecule has 0 radical (unpaired) electrons. The molecule has 1 aromatic carbocycles. The van der Waals surface area contributed by atoms with E-state index in [1.807, 2.05) is 24.1 Å². The van der Waals surface area contributed by atoms with Crippen LogP contribution in [0.2, 0.25) is 0 Å². The molecule has 5 heteroatoms. The van der Waals surface area contributed by atoms with Crippen molar-refractivity contribution >= 4 is 16.7 Å². The summed E-state index contributed by atoms with van der Waals surface area (Å²) in [5.41, 5.74) is -0.138. The zero-order chi connectivity index (χ0) is 17.1. The average molecular weight is 328 g/mol. The number of methoxy groups -OCH3 is 1. The van der Waals surface area contributed by atoms with Gasteiger partial charge < -0.3 is 14.2 Å². The smallest absolute Gasteiger partial charge is 0.258 e. The number of carbonyl (C=O) groups is 1. The molecule has 1 aromatic heterocycles. The second kappa shape index (κ2) is 7.07. The maximum atomic E-state index is 12.6. The van der Waals surface area contributed by atoms with Crippen molar-refractivity contribution in [3.8, 4) is 5.75 Å². The number of benzene rings is 1. The van der Waals surface area contributed by atoms with E-state index in [0.29, 0.717) is 17.2 Å². The molecule has 1 amide bonds. The Morgan fingerprint density at radius 1 is 1.25 bits per heavy atom. The second-order valence-electron chi connectivity index (χ2n) is 6.50. The van der Waals surface area contributed by atoms with Crippen LogP contribution in [0.15, 0.2) is 35.3 Å². The van der Waals surface area contributed by atoms with Gasteiger partial charge in [-0.15, -0.1) is 0 Å². The van der Waals surface area contributed by atoms with Crippen LogP contribution in [0, 0.1) is 0 Å². The molecule has 0 aliphatic heterocycles. The minimum atomic E-state index is -0.138. The fourth-order valence-electron chi connectivity index (χ4n) is 3.45. The fraction of sp³-hybridized carbons (Fsp3) is 0.474. The molecular formula is C19H24N2O3. The van der Waals surface area contributed by atoms with Gasteiger partial charge in [0.05, 0.1) is 7.11 Å². The van der Waals surface area contributed by atoms with Gasteiger partial charge in [0.1, 0.15) is 12.3 Å². The van der Waals surface area contributed by atoms with Crippen LogP contribution in [-0.4, -0.2) is 35.6 Å². The van der Waals surface area contributed by atoms with Gasteiger partial charge in [-0.25, -0.2) is 0 Å². The number of hydrogen-bond donors (Lipinski definition) is 0. The van der Waals surface area contributed by atoms with Crippen molar-refractivity contribution in [1.82, 2.24) is 9.47 Å². The molecular weight excluding hydrogens is 304 g/mol. The lowest BCUT2D eigenvalue weighted by molar-refractivity contribution is -0.133. The molecule has 2 aromatic rings. The van der Waals surface area contributed by atoms with Crippen LogP contribution in [-0.2, 0) is 11.3 Å². The van der Waals surface area contributed by atoms with Gasteiger partial charge >= 0.3 is 0 Å². The van der Waals surface area contributed by atoms with E-state index in [9.17, 15) is 9.59 Å². The lowest BCUT2D eigenvalue weighted by atomic mass is 9.94. The topological polar surface area (TPSA) is 51.5 Å². The van der Waals surface area contributed by atoms with Crippen LogP contribution in [0.3, 0.4) is 0 Å². The molecule has 0 spiro atoms. The van der Waals surface area contributed by atoms with E-state index in [1.165, 1.54) is 23.8 Å². The first-order chi connectivity index (χ1) is 11.6. The third kappa shape index (κ3) is 3.30. The molecule has 24 heavy (non-hydrogen) atoms. The highest BCUT2D eigenvalue weighted by Crippen LogP contribution is 2.22. The highest BCUT2D eigenvalue weighted by Gasteiger charge is 2.22. The molecule has 1 fully saturated rings.